The first-order valence-electron chi connectivity index (χ1n) is 5.97. The molecule has 1 N–H and O–H groups in total. The molecule has 0 saturated carbocycles. The number of sulfonamides is 1. The molecular weight excluding hydrogens is 286 g/mol. The van der Waals surface area contributed by atoms with E-state index < -0.39 is 10.0 Å². The molecule has 19 heavy (non-hydrogen) atoms. The predicted octanol–water partition coefficient (Wildman–Crippen LogP) is 1.20. The zero-order chi connectivity index (χ0) is 13.9. The molecule has 1 saturated heterocycles. The molecule has 5 nitrogen and oxygen atoms in total. The minimum Gasteiger partial charge on any atom is -0.315 e. The lowest BCUT2D eigenvalue weighted by Gasteiger charge is -2.20. The molecule has 0 amide bonds. The average Bonchev–Trinajstić information content (AvgIpc) is 2.67. The normalized spacial score (nSPS) is 17.7. The maximum absolute atomic E-state index is 12.6. The van der Waals surface area contributed by atoms with E-state index in [9.17, 15) is 8.42 Å². The Morgan fingerprint density at radius 1 is 1.32 bits per heavy atom. The van der Waals surface area contributed by atoms with Crippen molar-refractivity contribution in [3.63, 3.8) is 0 Å². The van der Waals surface area contributed by atoms with Crippen molar-refractivity contribution in [2.75, 3.05) is 26.2 Å². The second-order valence-corrected chi connectivity index (χ2v) is 6.55. The quantitative estimate of drug-likeness (QED) is 0.890. The van der Waals surface area contributed by atoms with Crippen LogP contribution in [0.15, 0.2) is 23.1 Å². The number of nitrogens with one attached hydrogen (secondary N) is 1. The van der Waals surface area contributed by atoms with Crippen LogP contribution in [0.2, 0.25) is 5.02 Å². The third-order valence-electron chi connectivity index (χ3n) is 3.00. The van der Waals surface area contributed by atoms with Crippen LogP contribution in [0.25, 0.3) is 0 Å². The van der Waals surface area contributed by atoms with E-state index in [2.05, 4.69) is 5.32 Å². The maximum atomic E-state index is 12.6. The smallest absolute Gasteiger partial charge is 0.244 e. The van der Waals surface area contributed by atoms with Gasteiger partial charge in [0.1, 0.15) is 11.0 Å². The van der Waals surface area contributed by atoms with E-state index in [0.29, 0.717) is 19.6 Å². The van der Waals surface area contributed by atoms with Crippen LogP contribution < -0.4 is 5.32 Å². The summed E-state index contributed by atoms with van der Waals surface area (Å²) in [5, 5.41) is 12.4. The molecule has 2 rings (SSSR count). The Morgan fingerprint density at radius 2 is 2.11 bits per heavy atom. The minimum absolute atomic E-state index is 0.00981. The first-order valence-corrected chi connectivity index (χ1v) is 7.78. The summed E-state index contributed by atoms with van der Waals surface area (Å²) in [5.74, 6) is 0. The van der Waals surface area contributed by atoms with Crippen LogP contribution in [0.3, 0.4) is 0 Å². The second-order valence-electron chi connectivity index (χ2n) is 4.23. The summed E-state index contributed by atoms with van der Waals surface area (Å²) in [6, 6.07) is 6.36. The molecule has 1 aliphatic rings. The van der Waals surface area contributed by atoms with Gasteiger partial charge in [-0.3, -0.25) is 0 Å². The van der Waals surface area contributed by atoms with Crippen molar-refractivity contribution in [1.29, 1.82) is 5.26 Å². The zero-order valence-corrected chi connectivity index (χ0v) is 11.8. The van der Waals surface area contributed by atoms with E-state index in [0.717, 1.165) is 13.0 Å². The van der Waals surface area contributed by atoms with Gasteiger partial charge in [-0.05, 0) is 25.1 Å². The Kier molecular flexibility index (Phi) is 4.42. The van der Waals surface area contributed by atoms with Crippen molar-refractivity contribution < 1.29 is 8.42 Å². The molecule has 0 aliphatic carbocycles. The number of benzene rings is 1. The lowest BCUT2D eigenvalue weighted by molar-refractivity contribution is 0.432. The third-order valence-corrected chi connectivity index (χ3v) is 5.26. The van der Waals surface area contributed by atoms with Gasteiger partial charge in [0.2, 0.25) is 10.0 Å². The van der Waals surface area contributed by atoms with Gasteiger partial charge in [-0.25, -0.2) is 8.42 Å². The fourth-order valence-corrected chi connectivity index (χ4v) is 3.94. The molecule has 1 heterocycles. The molecule has 0 radical (unpaired) electrons. The van der Waals surface area contributed by atoms with Gasteiger partial charge in [0.25, 0.3) is 0 Å². The van der Waals surface area contributed by atoms with E-state index in [4.69, 9.17) is 16.9 Å². The average molecular weight is 300 g/mol. The van der Waals surface area contributed by atoms with Gasteiger partial charge < -0.3 is 5.32 Å². The monoisotopic (exact) mass is 299 g/mol. The van der Waals surface area contributed by atoms with Gasteiger partial charge in [-0.1, -0.05) is 17.7 Å². The molecule has 0 aromatic heterocycles. The van der Waals surface area contributed by atoms with Crippen LogP contribution in [0, 0.1) is 11.3 Å². The van der Waals surface area contributed by atoms with Crippen molar-refractivity contribution in [3.05, 3.63) is 28.8 Å². The van der Waals surface area contributed by atoms with Crippen LogP contribution in [-0.2, 0) is 10.0 Å². The molecule has 1 aromatic carbocycles. The molecule has 0 atom stereocenters. The summed E-state index contributed by atoms with van der Waals surface area (Å²) >= 11 is 5.89. The molecule has 0 spiro atoms. The van der Waals surface area contributed by atoms with Gasteiger partial charge in [-0.2, -0.15) is 9.57 Å². The van der Waals surface area contributed by atoms with Crippen LogP contribution in [0.4, 0.5) is 0 Å². The molecular formula is C12H14ClN3O2S. The van der Waals surface area contributed by atoms with Crippen LogP contribution in [0.5, 0.6) is 0 Å². The Morgan fingerprint density at radius 3 is 2.84 bits per heavy atom. The van der Waals surface area contributed by atoms with Gasteiger partial charge in [-0.15, -0.1) is 0 Å². The molecule has 1 aromatic rings. The number of nitriles is 1. The van der Waals surface area contributed by atoms with E-state index in [1.165, 1.54) is 16.4 Å². The van der Waals surface area contributed by atoms with Crippen molar-refractivity contribution in [2.45, 2.75) is 11.3 Å². The largest absolute Gasteiger partial charge is 0.315 e. The summed E-state index contributed by atoms with van der Waals surface area (Å²) in [4.78, 5) is -0.00981. The first kappa shape index (κ1) is 14.3. The molecule has 0 bridgehead atoms. The number of nitrogens with zero attached hydrogens (tertiary/aromatic N) is 2. The van der Waals surface area contributed by atoms with Gasteiger partial charge in [0.05, 0.1) is 10.6 Å². The van der Waals surface area contributed by atoms with Crippen molar-refractivity contribution in [2.24, 2.45) is 0 Å². The Labute approximate surface area is 117 Å². The Bertz CT molecular complexity index is 602. The lowest BCUT2D eigenvalue weighted by Crippen LogP contribution is -2.34. The van der Waals surface area contributed by atoms with Gasteiger partial charge in [0, 0.05) is 19.6 Å². The second kappa shape index (κ2) is 5.88. The Hall–Kier alpha value is -1.13. The van der Waals surface area contributed by atoms with E-state index in [1.807, 2.05) is 6.07 Å². The highest BCUT2D eigenvalue weighted by Gasteiger charge is 2.28. The van der Waals surface area contributed by atoms with Crippen LogP contribution in [0.1, 0.15) is 12.0 Å². The maximum Gasteiger partial charge on any atom is 0.244 e. The van der Waals surface area contributed by atoms with Crippen molar-refractivity contribution in [3.8, 4) is 6.07 Å². The topological polar surface area (TPSA) is 73.2 Å². The van der Waals surface area contributed by atoms with Crippen molar-refractivity contribution >= 4 is 21.6 Å². The van der Waals surface area contributed by atoms with E-state index >= 15 is 0 Å². The molecule has 1 fully saturated rings. The standard InChI is InChI=1S/C12H14ClN3O2S/c13-11-3-1-4-12(10(11)9-14)19(17,18)16-7-2-5-15-6-8-16/h1,3-4,15H,2,5-8H2. The fourth-order valence-electron chi connectivity index (χ4n) is 2.03. The number of halogens is 1. The van der Waals surface area contributed by atoms with Gasteiger partial charge in [0.15, 0.2) is 0 Å². The SMILES string of the molecule is N#Cc1c(Cl)cccc1S(=O)(=O)N1CCCNCC1. The number of hydrogen-bond donors (Lipinski definition) is 1. The molecule has 0 unspecified atom stereocenters. The van der Waals surface area contributed by atoms with Gasteiger partial charge >= 0.3 is 0 Å². The Balaban J connectivity index is 2.45. The highest BCUT2D eigenvalue weighted by Crippen LogP contribution is 2.26. The fraction of sp³-hybridized carbons (Fsp3) is 0.417. The summed E-state index contributed by atoms with van der Waals surface area (Å²) < 4.78 is 26.5. The summed E-state index contributed by atoms with van der Waals surface area (Å²) in [6.07, 6.45) is 0.752. The van der Waals surface area contributed by atoms with E-state index in [1.54, 1.807) is 6.07 Å². The molecule has 1 aliphatic heterocycles. The molecule has 102 valence electrons. The highest BCUT2D eigenvalue weighted by atomic mass is 35.5. The first-order chi connectivity index (χ1) is 9.07. The highest BCUT2D eigenvalue weighted by molar-refractivity contribution is 7.89. The summed E-state index contributed by atoms with van der Waals surface area (Å²) in [5.41, 5.74) is 0.0152. The zero-order valence-electron chi connectivity index (χ0n) is 10.3. The lowest BCUT2D eigenvalue weighted by atomic mass is 10.2. The predicted molar refractivity (Wildman–Crippen MR) is 72.4 cm³/mol. The van der Waals surface area contributed by atoms with Crippen LogP contribution in [-0.4, -0.2) is 38.9 Å². The minimum atomic E-state index is -3.66. The third kappa shape index (κ3) is 2.90. The summed E-state index contributed by atoms with van der Waals surface area (Å²) in [6.45, 7) is 2.26. The summed E-state index contributed by atoms with van der Waals surface area (Å²) in [7, 11) is -3.66. The molecule has 7 heteroatoms. The van der Waals surface area contributed by atoms with Crippen LogP contribution >= 0.6 is 11.6 Å². The van der Waals surface area contributed by atoms with E-state index in [-0.39, 0.29) is 15.5 Å². The number of hydrogen-bond acceptors (Lipinski definition) is 4. The number of rotatable bonds is 2. The van der Waals surface area contributed by atoms with Crippen molar-refractivity contribution in [1.82, 2.24) is 9.62 Å².